The Bertz CT molecular complexity index is 670. The summed E-state index contributed by atoms with van der Waals surface area (Å²) in [6.07, 6.45) is 1.09. The van der Waals surface area contributed by atoms with Crippen LogP contribution in [0.15, 0.2) is 42.5 Å². The number of ether oxygens (including phenoxy) is 1. The fourth-order valence-electron chi connectivity index (χ4n) is 3.20. The largest absolute Gasteiger partial charge is 0.496 e. The van der Waals surface area contributed by atoms with Gasteiger partial charge in [-0.15, -0.1) is 0 Å². The predicted molar refractivity (Wildman–Crippen MR) is 91.7 cm³/mol. The molecular formula is C20H25NO. The van der Waals surface area contributed by atoms with Gasteiger partial charge in [0.25, 0.3) is 0 Å². The number of fused-ring (bicyclic) bond motifs is 1. The molecule has 0 spiro atoms. The van der Waals surface area contributed by atoms with Gasteiger partial charge in [0.1, 0.15) is 5.75 Å². The molecule has 1 atom stereocenters. The van der Waals surface area contributed by atoms with E-state index in [4.69, 9.17) is 4.74 Å². The van der Waals surface area contributed by atoms with Gasteiger partial charge >= 0.3 is 0 Å². The fourth-order valence-corrected chi connectivity index (χ4v) is 3.20. The van der Waals surface area contributed by atoms with Gasteiger partial charge in [0.2, 0.25) is 0 Å². The molecular weight excluding hydrogens is 270 g/mol. The Balaban J connectivity index is 2.10. The Morgan fingerprint density at radius 2 is 1.82 bits per heavy atom. The van der Waals surface area contributed by atoms with E-state index in [2.05, 4.69) is 56.4 Å². The summed E-state index contributed by atoms with van der Waals surface area (Å²) in [6.45, 7) is 7.81. The van der Waals surface area contributed by atoms with Crippen LogP contribution in [0, 0.1) is 0 Å². The lowest BCUT2D eigenvalue weighted by atomic mass is 9.81. The van der Waals surface area contributed by atoms with Crippen LogP contribution in [0.2, 0.25) is 0 Å². The Morgan fingerprint density at radius 3 is 2.55 bits per heavy atom. The normalized spacial score (nSPS) is 17.9. The highest BCUT2D eigenvalue weighted by atomic mass is 16.5. The maximum absolute atomic E-state index is 5.57. The molecule has 0 aliphatic carbocycles. The van der Waals surface area contributed by atoms with E-state index in [-0.39, 0.29) is 11.5 Å². The van der Waals surface area contributed by atoms with Gasteiger partial charge in [0, 0.05) is 12.1 Å². The number of para-hydroxylation sites is 1. The third-order valence-corrected chi connectivity index (χ3v) is 4.52. The van der Waals surface area contributed by atoms with E-state index in [0.717, 1.165) is 18.7 Å². The summed E-state index contributed by atoms with van der Waals surface area (Å²) >= 11 is 0. The van der Waals surface area contributed by atoms with Gasteiger partial charge in [-0.05, 0) is 34.6 Å². The van der Waals surface area contributed by atoms with Crippen molar-refractivity contribution in [3.8, 4) is 5.75 Å². The summed E-state index contributed by atoms with van der Waals surface area (Å²) in [5.74, 6) is 0.953. The highest BCUT2D eigenvalue weighted by molar-refractivity contribution is 5.47. The Labute approximate surface area is 133 Å². The van der Waals surface area contributed by atoms with Crippen molar-refractivity contribution in [2.45, 2.75) is 38.6 Å². The topological polar surface area (TPSA) is 21.3 Å². The Hall–Kier alpha value is -1.80. The molecule has 116 valence electrons. The van der Waals surface area contributed by atoms with Crippen molar-refractivity contribution < 1.29 is 4.74 Å². The van der Waals surface area contributed by atoms with Crippen LogP contribution < -0.4 is 10.1 Å². The van der Waals surface area contributed by atoms with Crippen LogP contribution in [-0.4, -0.2) is 13.7 Å². The van der Waals surface area contributed by atoms with E-state index in [9.17, 15) is 0 Å². The second-order valence-electron chi connectivity index (χ2n) is 7.04. The minimum absolute atomic E-state index is 0.164. The average Bonchev–Trinajstić information content (AvgIpc) is 2.53. The first-order valence-corrected chi connectivity index (χ1v) is 8.00. The van der Waals surface area contributed by atoms with E-state index in [1.807, 2.05) is 12.1 Å². The molecule has 0 bridgehead atoms. The molecule has 0 radical (unpaired) electrons. The number of hydrogen-bond donors (Lipinski definition) is 1. The molecule has 0 saturated heterocycles. The SMILES string of the molecule is COc1ccccc1C1NCCc2ccc(C(C)(C)C)cc21. The summed E-state index contributed by atoms with van der Waals surface area (Å²) < 4.78 is 5.57. The second-order valence-corrected chi connectivity index (χ2v) is 7.04. The number of hydrogen-bond acceptors (Lipinski definition) is 2. The quantitative estimate of drug-likeness (QED) is 0.895. The molecule has 1 unspecified atom stereocenters. The fraction of sp³-hybridized carbons (Fsp3) is 0.400. The van der Waals surface area contributed by atoms with Crippen LogP contribution in [-0.2, 0) is 11.8 Å². The van der Waals surface area contributed by atoms with Crippen molar-refractivity contribution in [2.24, 2.45) is 0 Å². The number of nitrogens with one attached hydrogen (secondary N) is 1. The zero-order valence-corrected chi connectivity index (χ0v) is 13.9. The summed E-state index contributed by atoms with van der Waals surface area (Å²) in [6, 6.07) is 15.5. The van der Waals surface area contributed by atoms with Gasteiger partial charge in [-0.2, -0.15) is 0 Å². The molecule has 0 amide bonds. The van der Waals surface area contributed by atoms with Gasteiger partial charge in [-0.3, -0.25) is 0 Å². The van der Waals surface area contributed by atoms with Gasteiger partial charge in [0.15, 0.2) is 0 Å². The zero-order valence-electron chi connectivity index (χ0n) is 13.9. The molecule has 1 aliphatic heterocycles. The highest BCUT2D eigenvalue weighted by Crippen LogP contribution is 2.36. The summed E-state index contributed by atoms with van der Waals surface area (Å²) in [5, 5.41) is 3.66. The van der Waals surface area contributed by atoms with E-state index in [1.165, 1.54) is 22.3 Å². The molecule has 22 heavy (non-hydrogen) atoms. The van der Waals surface area contributed by atoms with Gasteiger partial charge in [-0.1, -0.05) is 57.2 Å². The monoisotopic (exact) mass is 295 g/mol. The van der Waals surface area contributed by atoms with Crippen LogP contribution in [0.3, 0.4) is 0 Å². The van der Waals surface area contributed by atoms with Crippen LogP contribution in [0.25, 0.3) is 0 Å². The lowest BCUT2D eigenvalue weighted by molar-refractivity contribution is 0.402. The van der Waals surface area contributed by atoms with Gasteiger partial charge in [-0.25, -0.2) is 0 Å². The first kappa shape index (κ1) is 15.1. The van der Waals surface area contributed by atoms with Crippen molar-refractivity contribution in [1.82, 2.24) is 5.32 Å². The third kappa shape index (κ3) is 2.76. The molecule has 0 fully saturated rings. The zero-order chi connectivity index (χ0) is 15.7. The van der Waals surface area contributed by atoms with E-state index in [1.54, 1.807) is 7.11 Å². The lowest BCUT2D eigenvalue weighted by Crippen LogP contribution is -2.31. The highest BCUT2D eigenvalue weighted by Gasteiger charge is 2.25. The molecule has 1 heterocycles. The molecule has 1 N–H and O–H groups in total. The van der Waals surface area contributed by atoms with E-state index < -0.39 is 0 Å². The smallest absolute Gasteiger partial charge is 0.123 e. The number of methoxy groups -OCH3 is 1. The van der Waals surface area contributed by atoms with Crippen LogP contribution in [0.4, 0.5) is 0 Å². The van der Waals surface area contributed by atoms with Crippen molar-refractivity contribution >= 4 is 0 Å². The first-order chi connectivity index (χ1) is 10.5. The number of rotatable bonds is 2. The molecule has 2 aromatic carbocycles. The maximum Gasteiger partial charge on any atom is 0.123 e. The molecule has 2 heteroatoms. The van der Waals surface area contributed by atoms with Crippen molar-refractivity contribution in [1.29, 1.82) is 0 Å². The number of benzene rings is 2. The average molecular weight is 295 g/mol. The molecule has 0 saturated carbocycles. The van der Waals surface area contributed by atoms with Crippen molar-refractivity contribution in [2.75, 3.05) is 13.7 Å². The van der Waals surface area contributed by atoms with E-state index >= 15 is 0 Å². The second kappa shape index (κ2) is 5.77. The minimum Gasteiger partial charge on any atom is -0.496 e. The lowest BCUT2D eigenvalue weighted by Gasteiger charge is -2.30. The molecule has 2 nitrogen and oxygen atoms in total. The molecule has 2 aromatic rings. The Morgan fingerprint density at radius 1 is 1.05 bits per heavy atom. The van der Waals surface area contributed by atoms with Crippen molar-refractivity contribution in [3.63, 3.8) is 0 Å². The predicted octanol–water partition coefficient (Wildman–Crippen LogP) is 4.23. The van der Waals surface area contributed by atoms with Crippen LogP contribution in [0.1, 0.15) is 49.1 Å². The summed E-state index contributed by atoms with van der Waals surface area (Å²) in [4.78, 5) is 0. The Kier molecular flexibility index (Phi) is 3.96. The van der Waals surface area contributed by atoms with Gasteiger partial charge in [0.05, 0.1) is 13.2 Å². The first-order valence-electron chi connectivity index (χ1n) is 8.00. The van der Waals surface area contributed by atoms with Crippen LogP contribution >= 0.6 is 0 Å². The molecule has 3 rings (SSSR count). The van der Waals surface area contributed by atoms with Gasteiger partial charge < -0.3 is 10.1 Å². The maximum atomic E-state index is 5.57. The summed E-state index contributed by atoms with van der Waals surface area (Å²) in [5.41, 5.74) is 5.61. The standard InChI is InChI=1S/C20H25NO/c1-20(2,3)15-10-9-14-11-12-21-19(17(14)13-15)16-7-5-6-8-18(16)22-4/h5-10,13,19,21H,11-12H2,1-4H3. The third-order valence-electron chi connectivity index (χ3n) is 4.52. The summed E-state index contributed by atoms with van der Waals surface area (Å²) in [7, 11) is 1.74. The minimum atomic E-state index is 0.164. The van der Waals surface area contributed by atoms with Crippen LogP contribution in [0.5, 0.6) is 5.75 Å². The van der Waals surface area contributed by atoms with E-state index in [0.29, 0.717) is 0 Å². The molecule has 0 aromatic heterocycles. The van der Waals surface area contributed by atoms with Crippen molar-refractivity contribution in [3.05, 3.63) is 64.7 Å². The molecule has 1 aliphatic rings.